The van der Waals surface area contributed by atoms with Crippen LogP contribution in [0.3, 0.4) is 0 Å². The van der Waals surface area contributed by atoms with Crippen LogP contribution in [0.1, 0.15) is 40.7 Å². The van der Waals surface area contributed by atoms with Crippen molar-refractivity contribution in [1.82, 2.24) is 24.4 Å². The highest BCUT2D eigenvalue weighted by Gasteiger charge is 2.31. The van der Waals surface area contributed by atoms with Crippen LogP contribution in [0, 0.1) is 6.92 Å². The molecule has 1 saturated heterocycles. The molecule has 0 unspecified atom stereocenters. The first-order valence-corrected chi connectivity index (χ1v) is 13.4. The molecule has 0 atom stereocenters. The second kappa shape index (κ2) is 11.6. The summed E-state index contributed by atoms with van der Waals surface area (Å²) in [5, 5.41) is 5.72. The molecule has 2 N–H and O–H groups in total. The van der Waals surface area contributed by atoms with E-state index >= 15 is 0 Å². The monoisotopic (exact) mass is 579 g/mol. The molecular formula is C29H28F3N7O3. The van der Waals surface area contributed by atoms with Crippen molar-refractivity contribution in [3.8, 4) is 11.3 Å². The zero-order chi connectivity index (χ0) is 30.0. The van der Waals surface area contributed by atoms with E-state index < -0.39 is 23.2 Å². The molecule has 13 heteroatoms. The molecule has 5 rings (SSSR count). The van der Waals surface area contributed by atoms with Gasteiger partial charge in [-0.1, -0.05) is 12.1 Å². The number of amides is 2. The summed E-state index contributed by atoms with van der Waals surface area (Å²) in [6.07, 6.45) is -0.857. The molecule has 2 amide bonds. The highest BCUT2D eigenvalue weighted by molar-refractivity contribution is 6.04. The van der Waals surface area contributed by atoms with Gasteiger partial charge in [0, 0.05) is 49.9 Å². The molecule has 218 valence electrons. The molecule has 0 spiro atoms. The average Bonchev–Trinajstić information content (AvgIpc) is 3.38. The number of halogens is 3. The third-order valence-electron chi connectivity index (χ3n) is 7.07. The summed E-state index contributed by atoms with van der Waals surface area (Å²) >= 11 is 0. The maximum atomic E-state index is 13.4. The molecule has 4 aromatic rings. The Bertz CT molecular complexity index is 1740. The van der Waals surface area contributed by atoms with Gasteiger partial charge in [0.2, 0.25) is 11.9 Å². The molecule has 3 heterocycles. The number of anilines is 2. The van der Waals surface area contributed by atoms with E-state index in [1.807, 2.05) is 4.90 Å². The molecule has 1 aliphatic rings. The number of nitrogens with one attached hydrogen (secondary N) is 2. The molecule has 0 aliphatic carbocycles. The summed E-state index contributed by atoms with van der Waals surface area (Å²) < 4.78 is 40.6. The van der Waals surface area contributed by atoms with Crippen molar-refractivity contribution < 1.29 is 22.8 Å². The van der Waals surface area contributed by atoms with Gasteiger partial charge >= 0.3 is 6.18 Å². The lowest BCUT2D eigenvalue weighted by molar-refractivity contribution is -0.137. The average molecular weight is 580 g/mol. The molecular weight excluding hydrogens is 551 g/mol. The van der Waals surface area contributed by atoms with Gasteiger partial charge in [-0.2, -0.15) is 18.2 Å². The Morgan fingerprint density at radius 3 is 2.64 bits per heavy atom. The molecule has 42 heavy (non-hydrogen) atoms. The number of benzene rings is 2. The van der Waals surface area contributed by atoms with Crippen LogP contribution >= 0.6 is 0 Å². The standard InChI is InChI=1S/C29H28F3N7O3/c1-17-9-10-20(35-26(41)18-6-3-7-19(14-18)29(30,31)32)15-21(17)24-27(42)38(2)25-22(36-24)16-34-28(37-25)33-11-5-13-39-12-4-8-23(39)40/h3,6-7,9-10,14-16H,4-5,8,11-13H2,1-2H3,(H,35,41)(H,33,34,37). The third kappa shape index (κ3) is 6.09. The Kier molecular flexibility index (Phi) is 7.92. The second-order valence-corrected chi connectivity index (χ2v) is 10.1. The van der Waals surface area contributed by atoms with Gasteiger partial charge in [0.25, 0.3) is 11.5 Å². The Hall–Kier alpha value is -4.81. The highest BCUT2D eigenvalue weighted by atomic mass is 19.4. The zero-order valence-electron chi connectivity index (χ0n) is 23.0. The van der Waals surface area contributed by atoms with Gasteiger partial charge < -0.3 is 15.5 Å². The number of aromatic nitrogens is 4. The van der Waals surface area contributed by atoms with E-state index in [9.17, 15) is 27.6 Å². The molecule has 2 aromatic carbocycles. The molecule has 2 aromatic heterocycles. The van der Waals surface area contributed by atoms with Gasteiger partial charge in [-0.05, 0) is 55.7 Å². The van der Waals surface area contributed by atoms with E-state index in [2.05, 4.69) is 25.6 Å². The maximum absolute atomic E-state index is 13.4. The molecule has 0 radical (unpaired) electrons. The van der Waals surface area contributed by atoms with Crippen molar-refractivity contribution in [3.05, 3.63) is 75.7 Å². The molecule has 1 fully saturated rings. The van der Waals surface area contributed by atoms with Crippen LogP contribution < -0.4 is 16.2 Å². The van der Waals surface area contributed by atoms with Gasteiger partial charge in [0.05, 0.1) is 11.8 Å². The van der Waals surface area contributed by atoms with Crippen LogP contribution in [0.25, 0.3) is 22.4 Å². The largest absolute Gasteiger partial charge is 0.416 e. The lowest BCUT2D eigenvalue weighted by Gasteiger charge is -2.15. The van der Waals surface area contributed by atoms with E-state index in [4.69, 9.17) is 0 Å². The Morgan fingerprint density at radius 2 is 1.90 bits per heavy atom. The fourth-order valence-electron chi connectivity index (χ4n) is 4.78. The van der Waals surface area contributed by atoms with Crippen molar-refractivity contribution >= 4 is 34.6 Å². The van der Waals surface area contributed by atoms with Crippen LogP contribution in [-0.4, -0.2) is 55.9 Å². The third-order valence-corrected chi connectivity index (χ3v) is 7.07. The summed E-state index contributed by atoms with van der Waals surface area (Å²) in [5.41, 5.74) is 0.723. The first kappa shape index (κ1) is 28.7. The van der Waals surface area contributed by atoms with Crippen LogP contribution in [0.4, 0.5) is 24.8 Å². The van der Waals surface area contributed by atoms with E-state index in [0.29, 0.717) is 47.7 Å². The summed E-state index contributed by atoms with van der Waals surface area (Å²) in [5.74, 6) is -0.223. The lowest BCUT2D eigenvalue weighted by Crippen LogP contribution is -2.27. The van der Waals surface area contributed by atoms with E-state index in [-0.39, 0.29) is 22.9 Å². The smallest absolute Gasteiger partial charge is 0.354 e. The first-order valence-electron chi connectivity index (χ1n) is 13.4. The minimum atomic E-state index is -4.58. The van der Waals surface area contributed by atoms with E-state index in [0.717, 1.165) is 31.5 Å². The summed E-state index contributed by atoms with van der Waals surface area (Å²) in [4.78, 5) is 53.0. The highest BCUT2D eigenvalue weighted by Crippen LogP contribution is 2.30. The fraction of sp³-hybridized carbons (Fsp3) is 0.310. The minimum Gasteiger partial charge on any atom is -0.354 e. The number of aryl methyl sites for hydroxylation is 2. The van der Waals surface area contributed by atoms with Gasteiger partial charge in [-0.3, -0.25) is 19.0 Å². The van der Waals surface area contributed by atoms with E-state index in [1.165, 1.54) is 22.9 Å². The first-order chi connectivity index (χ1) is 20.0. The number of nitrogens with zero attached hydrogens (tertiary/aromatic N) is 5. The topological polar surface area (TPSA) is 122 Å². The summed E-state index contributed by atoms with van der Waals surface area (Å²) in [7, 11) is 1.57. The number of rotatable bonds is 8. The van der Waals surface area contributed by atoms with Gasteiger partial charge in [-0.15, -0.1) is 0 Å². The molecule has 1 aliphatic heterocycles. The van der Waals surface area contributed by atoms with Gasteiger partial charge in [0.1, 0.15) is 11.2 Å². The van der Waals surface area contributed by atoms with Gasteiger partial charge in [0.15, 0.2) is 5.65 Å². The maximum Gasteiger partial charge on any atom is 0.416 e. The van der Waals surface area contributed by atoms with Crippen molar-refractivity contribution in [2.24, 2.45) is 7.05 Å². The van der Waals surface area contributed by atoms with Gasteiger partial charge in [-0.25, -0.2) is 9.97 Å². The van der Waals surface area contributed by atoms with Crippen molar-refractivity contribution in [3.63, 3.8) is 0 Å². The van der Waals surface area contributed by atoms with Crippen molar-refractivity contribution in [2.75, 3.05) is 30.3 Å². The molecule has 0 saturated carbocycles. The SMILES string of the molecule is Cc1ccc(NC(=O)c2cccc(C(F)(F)F)c2)cc1-c1nc2cnc(NCCCN3CCCC3=O)nc2n(C)c1=O. The number of carbonyl (C=O) groups excluding carboxylic acids is 2. The van der Waals surface area contributed by atoms with Crippen molar-refractivity contribution in [2.45, 2.75) is 32.4 Å². The number of hydrogen-bond donors (Lipinski definition) is 2. The van der Waals surface area contributed by atoms with Crippen LogP contribution in [-0.2, 0) is 18.0 Å². The Labute approximate surface area is 238 Å². The predicted molar refractivity (Wildman–Crippen MR) is 151 cm³/mol. The number of hydrogen-bond acceptors (Lipinski definition) is 7. The quantitative estimate of drug-likeness (QED) is 0.297. The van der Waals surface area contributed by atoms with Crippen LogP contribution in [0.15, 0.2) is 53.5 Å². The number of likely N-dealkylation sites (tertiary alicyclic amines) is 1. The second-order valence-electron chi connectivity index (χ2n) is 10.1. The summed E-state index contributed by atoms with van der Waals surface area (Å²) in [6.45, 7) is 3.76. The number of fused-ring (bicyclic) bond motifs is 1. The van der Waals surface area contributed by atoms with Crippen LogP contribution in [0.2, 0.25) is 0 Å². The Morgan fingerprint density at radius 1 is 1.10 bits per heavy atom. The van der Waals surface area contributed by atoms with Crippen molar-refractivity contribution in [1.29, 1.82) is 0 Å². The number of carbonyl (C=O) groups is 2. The summed E-state index contributed by atoms with van der Waals surface area (Å²) in [6, 6.07) is 8.96. The zero-order valence-corrected chi connectivity index (χ0v) is 23.0. The van der Waals surface area contributed by atoms with Crippen LogP contribution in [0.5, 0.6) is 0 Å². The molecule has 10 nitrogen and oxygen atoms in total. The lowest BCUT2D eigenvalue weighted by atomic mass is 10.0. The minimum absolute atomic E-state index is 0.109. The number of alkyl halides is 3. The predicted octanol–water partition coefficient (Wildman–Crippen LogP) is 4.39. The molecule has 0 bridgehead atoms. The fourth-order valence-corrected chi connectivity index (χ4v) is 4.78. The van der Waals surface area contributed by atoms with E-state index in [1.54, 1.807) is 32.2 Å². The Balaban J connectivity index is 1.35. The normalized spacial score (nSPS) is 13.5.